The van der Waals surface area contributed by atoms with Gasteiger partial charge in [-0.15, -0.1) is 0 Å². The standard InChI is InChI=1S/C31H24Cl2N4OS/c1-20-7-2-3-10-28(20)38-23-14-12-22(13-15-23)37-30(29(35-31(37)39)25-8-4-5-17-34-25)27-9-6-18-36(27)26-16-11-21(32)19-24(26)33/h2-19,29-30H,1H3,(H,35,39)/t29-,30-/m1/s1. The summed E-state index contributed by atoms with van der Waals surface area (Å²) in [5, 5.41) is 5.27. The maximum absolute atomic E-state index is 6.64. The Labute approximate surface area is 242 Å². The van der Waals surface area contributed by atoms with Gasteiger partial charge in [-0.25, -0.2) is 0 Å². The van der Waals surface area contributed by atoms with Gasteiger partial charge in [0.25, 0.3) is 0 Å². The molecule has 0 saturated carbocycles. The fraction of sp³-hybridized carbons (Fsp3) is 0.0968. The fourth-order valence-electron chi connectivity index (χ4n) is 4.94. The average Bonchev–Trinajstić information content (AvgIpc) is 3.55. The van der Waals surface area contributed by atoms with E-state index >= 15 is 0 Å². The van der Waals surface area contributed by atoms with Gasteiger partial charge in [0.2, 0.25) is 0 Å². The average molecular weight is 572 g/mol. The van der Waals surface area contributed by atoms with Crippen LogP contribution in [0.2, 0.25) is 10.0 Å². The molecule has 1 fully saturated rings. The maximum atomic E-state index is 6.64. The Morgan fingerprint density at radius 1 is 0.897 bits per heavy atom. The zero-order chi connectivity index (χ0) is 26.9. The monoisotopic (exact) mass is 570 g/mol. The quantitative estimate of drug-likeness (QED) is 0.207. The van der Waals surface area contributed by atoms with Crippen LogP contribution in [-0.4, -0.2) is 14.7 Å². The summed E-state index contributed by atoms with van der Waals surface area (Å²) in [6, 6.07) is 31.0. The molecule has 2 atom stereocenters. The highest BCUT2D eigenvalue weighted by molar-refractivity contribution is 7.80. The summed E-state index contributed by atoms with van der Waals surface area (Å²) < 4.78 is 8.22. The zero-order valence-corrected chi connectivity index (χ0v) is 23.3. The second-order valence-corrected chi connectivity index (χ2v) is 10.5. The van der Waals surface area contributed by atoms with E-state index in [1.165, 1.54) is 0 Å². The van der Waals surface area contributed by atoms with E-state index in [4.69, 9.17) is 40.2 Å². The minimum atomic E-state index is -0.211. The molecule has 0 radical (unpaired) electrons. The number of anilines is 1. The molecule has 1 aliphatic rings. The first kappa shape index (κ1) is 25.4. The van der Waals surface area contributed by atoms with Gasteiger partial charge in [0.05, 0.1) is 22.4 Å². The van der Waals surface area contributed by atoms with E-state index in [0.29, 0.717) is 15.2 Å². The molecule has 8 heteroatoms. The lowest BCUT2D eigenvalue weighted by atomic mass is 10.0. The van der Waals surface area contributed by atoms with Gasteiger partial charge in [0.15, 0.2) is 5.11 Å². The Morgan fingerprint density at radius 2 is 1.69 bits per heavy atom. The molecule has 3 aromatic carbocycles. The van der Waals surface area contributed by atoms with Gasteiger partial charge >= 0.3 is 0 Å². The lowest BCUT2D eigenvalue weighted by molar-refractivity contribution is 0.479. The van der Waals surface area contributed by atoms with Crippen molar-refractivity contribution in [1.82, 2.24) is 14.9 Å². The molecule has 1 aliphatic heterocycles. The minimum absolute atomic E-state index is 0.193. The first-order chi connectivity index (χ1) is 19.0. The third-order valence-corrected chi connectivity index (χ3v) is 7.64. The van der Waals surface area contributed by atoms with Crippen molar-refractivity contribution in [2.45, 2.75) is 19.0 Å². The Morgan fingerprint density at radius 3 is 2.44 bits per heavy atom. The summed E-state index contributed by atoms with van der Waals surface area (Å²) in [5.41, 5.74) is 4.74. The van der Waals surface area contributed by atoms with Crippen LogP contribution in [0, 0.1) is 6.92 Å². The molecule has 0 unspecified atom stereocenters. The molecule has 6 rings (SSSR count). The van der Waals surface area contributed by atoms with Crippen LogP contribution < -0.4 is 15.0 Å². The lowest BCUT2D eigenvalue weighted by Crippen LogP contribution is -2.30. The van der Waals surface area contributed by atoms with Crippen molar-refractivity contribution < 1.29 is 4.74 Å². The van der Waals surface area contributed by atoms with E-state index in [9.17, 15) is 0 Å². The Hall–Kier alpha value is -3.84. The number of hydrogen-bond donors (Lipinski definition) is 1. The zero-order valence-electron chi connectivity index (χ0n) is 21.0. The number of hydrogen-bond acceptors (Lipinski definition) is 3. The van der Waals surface area contributed by atoms with Crippen molar-refractivity contribution in [3.05, 3.63) is 136 Å². The molecule has 0 aliphatic carbocycles. The number of para-hydroxylation sites is 1. The predicted molar refractivity (Wildman–Crippen MR) is 161 cm³/mol. The predicted octanol–water partition coefficient (Wildman–Crippen LogP) is 8.46. The lowest BCUT2D eigenvalue weighted by Gasteiger charge is -2.29. The molecular weight excluding hydrogens is 547 g/mol. The summed E-state index contributed by atoms with van der Waals surface area (Å²) in [7, 11) is 0. The van der Waals surface area contributed by atoms with Crippen molar-refractivity contribution in [2.24, 2.45) is 0 Å². The minimum Gasteiger partial charge on any atom is -0.457 e. The number of nitrogens with zero attached hydrogens (tertiary/aromatic N) is 3. The summed E-state index contributed by atoms with van der Waals surface area (Å²) in [6.45, 7) is 2.03. The van der Waals surface area contributed by atoms with Crippen molar-refractivity contribution >= 4 is 46.2 Å². The number of halogens is 2. The molecule has 39 heavy (non-hydrogen) atoms. The van der Waals surface area contributed by atoms with Gasteiger partial charge in [0, 0.05) is 28.8 Å². The van der Waals surface area contributed by atoms with Gasteiger partial charge in [-0.05, 0) is 97.5 Å². The Balaban J connectivity index is 1.41. The highest BCUT2D eigenvalue weighted by Crippen LogP contribution is 2.43. The maximum Gasteiger partial charge on any atom is 0.174 e. The van der Waals surface area contributed by atoms with E-state index in [0.717, 1.165) is 39.8 Å². The first-order valence-electron chi connectivity index (χ1n) is 12.5. The smallest absolute Gasteiger partial charge is 0.174 e. The van der Waals surface area contributed by atoms with E-state index in [1.807, 2.05) is 98.0 Å². The molecule has 0 spiro atoms. The summed E-state index contributed by atoms with van der Waals surface area (Å²) in [4.78, 5) is 6.79. The fourth-order valence-corrected chi connectivity index (χ4v) is 5.78. The van der Waals surface area contributed by atoms with Gasteiger partial charge < -0.3 is 19.5 Å². The van der Waals surface area contributed by atoms with Crippen LogP contribution in [0.15, 0.2) is 109 Å². The molecule has 1 N–H and O–H groups in total. The normalized spacial score (nSPS) is 16.8. The van der Waals surface area contributed by atoms with Gasteiger partial charge in [0.1, 0.15) is 17.5 Å². The second kappa shape index (κ2) is 10.7. The van der Waals surface area contributed by atoms with Crippen LogP contribution in [0.1, 0.15) is 29.0 Å². The molecule has 3 heterocycles. The van der Waals surface area contributed by atoms with E-state index in [2.05, 4.69) is 25.8 Å². The van der Waals surface area contributed by atoms with Crippen molar-refractivity contribution in [3.63, 3.8) is 0 Å². The van der Waals surface area contributed by atoms with E-state index < -0.39 is 0 Å². The highest BCUT2D eigenvalue weighted by Gasteiger charge is 2.42. The summed E-state index contributed by atoms with van der Waals surface area (Å²) in [6.07, 6.45) is 3.80. The van der Waals surface area contributed by atoms with Crippen LogP contribution >= 0.6 is 35.4 Å². The number of thiocarbonyl (C=S) groups is 1. The van der Waals surface area contributed by atoms with Gasteiger partial charge in [-0.2, -0.15) is 0 Å². The van der Waals surface area contributed by atoms with Crippen molar-refractivity contribution in [1.29, 1.82) is 0 Å². The summed E-state index contributed by atoms with van der Waals surface area (Å²) >= 11 is 18.8. The van der Waals surface area contributed by atoms with Crippen LogP contribution in [0.5, 0.6) is 11.5 Å². The number of aryl methyl sites for hydroxylation is 1. The third kappa shape index (κ3) is 4.99. The van der Waals surface area contributed by atoms with Crippen molar-refractivity contribution in [3.8, 4) is 17.2 Å². The summed E-state index contributed by atoms with van der Waals surface area (Å²) in [5.74, 6) is 1.58. The third-order valence-electron chi connectivity index (χ3n) is 6.79. The molecule has 0 amide bonds. The Bertz CT molecular complexity index is 1640. The number of aromatic nitrogens is 2. The first-order valence-corrected chi connectivity index (χ1v) is 13.6. The molecular formula is C31H24Cl2N4OS. The largest absolute Gasteiger partial charge is 0.457 e. The van der Waals surface area contributed by atoms with Crippen molar-refractivity contribution in [2.75, 3.05) is 4.90 Å². The number of nitrogens with one attached hydrogen (secondary N) is 1. The van der Waals surface area contributed by atoms with Crippen LogP contribution in [0.3, 0.4) is 0 Å². The number of rotatable bonds is 6. The molecule has 2 aromatic heterocycles. The van der Waals surface area contributed by atoms with E-state index in [-0.39, 0.29) is 12.1 Å². The van der Waals surface area contributed by atoms with Crippen LogP contribution in [-0.2, 0) is 0 Å². The van der Waals surface area contributed by atoms with Crippen LogP contribution in [0.25, 0.3) is 5.69 Å². The molecule has 5 nitrogen and oxygen atoms in total. The number of ether oxygens (including phenoxy) is 1. The highest BCUT2D eigenvalue weighted by atomic mass is 35.5. The molecule has 0 bridgehead atoms. The number of pyridine rings is 1. The van der Waals surface area contributed by atoms with Crippen LogP contribution in [0.4, 0.5) is 5.69 Å². The molecule has 1 saturated heterocycles. The SMILES string of the molecule is Cc1ccccc1Oc1ccc(N2C(=S)N[C@H](c3ccccn3)[C@H]2c2cccn2-c2ccc(Cl)cc2Cl)cc1. The molecule has 5 aromatic rings. The van der Waals surface area contributed by atoms with Gasteiger partial charge in [-0.3, -0.25) is 4.98 Å². The molecule has 194 valence electrons. The topological polar surface area (TPSA) is 42.3 Å². The Kier molecular flexibility index (Phi) is 7.00. The van der Waals surface area contributed by atoms with Gasteiger partial charge in [-0.1, -0.05) is 47.5 Å². The second-order valence-electron chi connectivity index (χ2n) is 9.26. The van der Waals surface area contributed by atoms with E-state index in [1.54, 1.807) is 12.3 Å². The number of benzene rings is 3.